The van der Waals surface area contributed by atoms with Gasteiger partial charge in [0, 0.05) is 19.0 Å². The number of hydrogen-bond acceptors (Lipinski definition) is 4. The van der Waals surface area contributed by atoms with Gasteiger partial charge in [0.2, 0.25) is 0 Å². The average Bonchev–Trinajstić information content (AvgIpc) is 2.78. The number of nitrogens with zero attached hydrogens (tertiary/aromatic N) is 1. The van der Waals surface area contributed by atoms with Gasteiger partial charge in [0.05, 0.1) is 14.2 Å². The van der Waals surface area contributed by atoms with Crippen LogP contribution < -0.4 is 9.47 Å². The van der Waals surface area contributed by atoms with Gasteiger partial charge in [0.25, 0.3) is 0 Å². The summed E-state index contributed by atoms with van der Waals surface area (Å²) in [5.74, 6) is 1.44. The third kappa shape index (κ3) is 2.04. The number of likely N-dealkylation sites (N-methyl/N-ethyl adjacent to an activating group) is 1. The fourth-order valence-electron chi connectivity index (χ4n) is 2.03. The molecule has 5 nitrogen and oxygen atoms in total. The van der Waals surface area contributed by atoms with Crippen LogP contribution in [0.5, 0.6) is 11.5 Å². The summed E-state index contributed by atoms with van der Waals surface area (Å²) < 4.78 is 10.5. The predicted molar refractivity (Wildman–Crippen MR) is 68.5 cm³/mol. The smallest absolute Gasteiger partial charge is 0.161 e. The van der Waals surface area contributed by atoms with Crippen LogP contribution in [0.1, 0.15) is 11.1 Å². The minimum atomic E-state index is 0.101. The molecule has 2 N–H and O–H groups in total. The molecule has 0 fully saturated rings. The van der Waals surface area contributed by atoms with E-state index in [1.807, 2.05) is 18.2 Å². The zero-order valence-corrected chi connectivity index (χ0v) is 10.7. The molecule has 1 aliphatic rings. The molecule has 0 aromatic heterocycles. The fraction of sp³-hybridized carbons (Fsp3) is 0.308. The lowest BCUT2D eigenvalue weighted by Crippen LogP contribution is -2.23. The van der Waals surface area contributed by atoms with Crippen LogP contribution in [0.4, 0.5) is 0 Å². The Bertz CT molecular complexity index is 521. The number of methoxy groups -OCH3 is 2. The SMILES string of the molecule is COc1cc2c(cc1OC)CC(C(=N)N(C)O)=C2. The zero-order valence-electron chi connectivity index (χ0n) is 10.7. The summed E-state index contributed by atoms with van der Waals surface area (Å²) in [5.41, 5.74) is 2.83. The molecule has 0 amide bonds. The van der Waals surface area contributed by atoms with Crippen molar-refractivity contribution >= 4 is 11.9 Å². The van der Waals surface area contributed by atoms with Gasteiger partial charge in [0.1, 0.15) is 5.84 Å². The highest BCUT2D eigenvalue weighted by molar-refractivity contribution is 6.01. The first kappa shape index (κ1) is 12.4. The van der Waals surface area contributed by atoms with Crippen LogP contribution in [0.3, 0.4) is 0 Å². The van der Waals surface area contributed by atoms with Crippen LogP contribution in [-0.2, 0) is 6.42 Å². The number of benzene rings is 1. The zero-order chi connectivity index (χ0) is 13.3. The maximum absolute atomic E-state index is 9.28. The molecular formula is C13H16N2O3. The lowest BCUT2D eigenvalue weighted by molar-refractivity contribution is 0.0130. The van der Waals surface area contributed by atoms with Crippen molar-refractivity contribution in [1.29, 1.82) is 5.41 Å². The molecule has 0 radical (unpaired) electrons. The maximum atomic E-state index is 9.28. The minimum absolute atomic E-state index is 0.101. The maximum Gasteiger partial charge on any atom is 0.161 e. The van der Waals surface area contributed by atoms with Gasteiger partial charge in [-0.2, -0.15) is 0 Å². The second-order valence-corrected chi connectivity index (χ2v) is 4.12. The first-order valence-corrected chi connectivity index (χ1v) is 5.53. The van der Waals surface area contributed by atoms with Crippen LogP contribution >= 0.6 is 0 Å². The number of rotatable bonds is 3. The summed E-state index contributed by atoms with van der Waals surface area (Å²) in [6.45, 7) is 0. The van der Waals surface area contributed by atoms with Crippen molar-refractivity contribution < 1.29 is 14.7 Å². The molecular weight excluding hydrogens is 232 g/mol. The molecule has 0 atom stereocenters. The highest BCUT2D eigenvalue weighted by Crippen LogP contribution is 2.36. The summed E-state index contributed by atoms with van der Waals surface area (Å²) >= 11 is 0. The van der Waals surface area contributed by atoms with Crippen molar-refractivity contribution in [1.82, 2.24) is 5.06 Å². The van der Waals surface area contributed by atoms with E-state index in [2.05, 4.69) is 0 Å². The molecule has 0 saturated heterocycles. The van der Waals surface area contributed by atoms with Crippen LogP contribution in [0.25, 0.3) is 6.08 Å². The first-order chi connectivity index (χ1) is 8.56. The van der Waals surface area contributed by atoms with Crippen molar-refractivity contribution in [2.24, 2.45) is 0 Å². The summed E-state index contributed by atoms with van der Waals surface area (Å²) in [7, 11) is 4.62. The van der Waals surface area contributed by atoms with Gasteiger partial charge in [-0.25, -0.2) is 5.06 Å². The Hall–Kier alpha value is -2.01. The van der Waals surface area contributed by atoms with Crippen LogP contribution in [0.2, 0.25) is 0 Å². The van der Waals surface area contributed by atoms with Crippen molar-refractivity contribution in [3.8, 4) is 11.5 Å². The molecule has 0 bridgehead atoms. The van der Waals surface area contributed by atoms with E-state index >= 15 is 0 Å². The Morgan fingerprint density at radius 2 is 1.89 bits per heavy atom. The standard InChI is InChI=1S/C13H16N2O3/c1-15(16)13(14)10-4-8-6-11(17-2)12(18-3)7-9(8)5-10/h4,6-7,14,16H,5H2,1-3H3. The number of fused-ring (bicyclic) bond motifs is 1. The quantitative estimate of drug-likeness (QED) is 0.487. The molecule has 5 heteroatoms. The van der Waals surface area contributed by atoms with Crippen LogP contribution in [0, 0.1) is 5.41 Å². The number of nitrogens with one attached hydrogen (secondary N) is 1. The summed E-state index contributed by atoms with van der Waals surface area (Å²) in [6, 6.07) is 3.79. The molecule has 0 spiro atoms. The number of amidine groups is 1. The van der Waals surface area contributed by atoms with Crippen molar-refractivity contribution in [2.45, 2.75) is 6.42 Å². The molecule has 96 valence electrons. The fourth-order valence-corrected chi connectivity index (χ4v) is 2.03. The second-order valence-electron chi connectivity index (χ2n) is 4.12. The van der Waals surface area contributed by atoms with E-state index < -0.39 is 0 Å². The minimum Gasteiger partial charge on any atom is -0.493 e. The molecule has 0 unspecified atom stereocenters. The Labute approximate surface area is 106 Å². The number of ether oxygens (including phenoxy) is 2. The van der Waals surface area contributed by atoms with Gasteiger partial charge >= 0.3 is 0 Å². The molecule has 0 heterocycles. The van der Waals surface area contributed by atoms with Crippen molar-refractivity contribution in [3.05, 3.63) is 28.8 Å². The van der Waals surface area contributed by atoms with Gasteiger partial charge in [-0.05, 0) is 29.3 Å². The third-order valence-corrected chi connectivity index (χ3v) is 2.98. The molecule has 1 aliphatic carbocycles. The van der Waals surface area contributed by atoms with E-state index in [0.29, 0.717) is 17.9 Å². The molecule has 1 aromatic rings. The topological polar surface area (TPSA) is 65.8 Å². The predicted octanol–water partition coefficient (Wildman–Crippen LogP) is 1.94. The van der Waals surface area contributed by atoms with E-state index in [-0.39, 0.29) is 5.84 Å². The number of hydrogen-bond donors (Lipinski definition) is 2. The normalized spacial score (nSPS) is 12.8. The van der Waals surface area contributed by atoms with E-state index in [1.54, 1.807) is 14.2 Å². The average molecular weight is 248 g/mol. The summed E-state index contributed by atoms with van der Waals surface area (Å²) in [4.78, 5) is 0. The Morgan fingerprint density at radius 3 is 2.44 bits per heavy atom. The molecule has 18 heavy (non-hydrogen) atoms. The van der Waals surface area contributed by atoms with Crippen molar-refractivity contribution in [2.75, 3.05) is 21.3 Å². The third-order valence-electron chi connectivity index (χ3n) is 2.98. The van der Waals surface area contributed by atoms with Crippen LogP contribution in [0.15, 0.2) is 17.7 Å². The lowest BCUT2D eigenvalue weighted by Gasteiger charge is -2.12. The van der Waals surface area contributed by atoms with Gasteiger partial charge in [-0.15, -0.1) is 0 Å². The highest BCUT2D eigenvalue weighted by Gasteiger charge is 2.20. The molecule has 1 aromatic carbocycles. The van der Waals surface area contributed by atoms with Gasteiger partial charge in [-0.3, -0.25) is 10.6 Å². The van der Waals surface area contributed by atoms with E-state index in [1.165, 1.54) is 7.05 Å². The Kier molecular flexibility index (Phi) is 3.25. The summed E-state index contributed by atoms with van der Waals surface area (Å²) in [5, 5.41) is 17.9. The van der Waals surface area contributed by atoms with Crippen molar-refractivity contribution in [3.63, 3.8) is 0 Å². The van der Waals surface area contributed by atoms with Gasteiger partial charge in [0.15, 0.2) is 11.5 Å². The molecule has 2 rings (SSSR count). The van der Waals surface area contributed by atoms with Gasteiger partial charge < -0.3 is 9.47 Å². The van der Waals surface area contributed by atoms with E-state index in [9.17, 15) is 5.21 Å². The van der Waals surface area contributed by atoms with Crippen LogP contribution in [-0.4, -0.2) is 37.4 Å². The Balaban J connectivity index is 2.36. The monoisotopic (exact) mass is 248 g/mol. The number of hydroxylamine groups is 2. The molecule has 0 aliphatic heterocycles. The second kappa shape index (κ2) is 4.70. The lowest BCUT2D eigenvalue weighted by atomic mass is 10.1. The van der Waals surface area contributed by atoms with Gasteiger partial charge in [-0.1, -0.05) is 0 Å². The van der Waals surface area contributed by atoms with E-state index in [4.69, 9.17) is 14.9 Å². The largest absolute Gasteiger partial charge is 0.493 e. The Morgan fingerprint density at radius 1 is 1.28 bits per heavy atom. The molecule has 0 saturated carbocycles. The highest BCUT2D eigenvalue weighted by atomic mass is 16.5. The summed E-state index contributed by atoms with van der Waals surface area (Å²) in [6.07, 6.45) is 2.49. The first-order valence-electron chi connectivity index (χ1n) is 5.53. The van der Waals surface area contributed by atoms with E-state index in [0.717, 1.165) is 21.8 Å².